The normalized spacial score (nSPS) is 16.5. The molecule has 0 spiro atoms. The summed E-state index contributed by atoms with van der Waals surface area (Å²) in [6.45, 7) is 68.9. The van der Waals surface area contributed by atoms with Crippen molar-refractivity contribution in [3.8, 4) is 0 Å². The maximum absolute atomic E-state index is 7.14. The fourth-order valence-electron chi connectivity index (χ4n) is 15.9. The molecule has 0 bridgehead atoms. The van der Waals surface area contributed by atoms with Gasteiger partial charge in [0, 0.05) is 0 Å². The third-order valence-corrected chi connectivity index (χ3v) is 60.0. The van der Waals surface area contributed by atoms with Gasteiger partial charge in [-0.2, -0.15) is 11.8 Å². The van der Waals surface area contributed by atoms with Crippen LogP contribution in [0.1, 0.15) is 219 Å². The lowest BCUT2D eigenvalue weighted by molar-refractivity contribution is 0.439. The fraction of sp³-hybridized carbons (Fsp3) is 1.00. The van der Waals surface area contributed by atoms with E-state index in [1.165, 1.54) is 25.9 Å². The van der Waals surface area contributed by atoms with Gasteiger partial charge in [-0.25, -0.2) is 0 Å². The molecule has 0 heterocycles. The van der Waals surface area contributed by atoms with Gasteiger partial charge in [0.1, 0.15) is 32.9 Å². The zero-order valence-electron chi connectivity index (χ0n) is 47.0. The second-order valence-electron chi connectivity index (χ2n) is 24.9. The summed E-state index contributed by atoms with van der Waals surface area (Å²) in [7, 11) is -11.6. The Morgan fingerprint density at radius 1 is 0.349 bits per heavy atom. The van der Waals surface area contributed by atoms with Gasteiger partial charge in [0.25, 0.3) is 0 Å². The van der Waals surface area contributed by atoms with Crippen molar-refractivity contribution in [2.24, 2.45) is 0 Å². The van der Waals surface area contributed by atoms with Crippen molar-refractivity contribution in [1.29, 1.82) is 0 Å². The smallest absolute Gasteiger partial charge is 0.242 e. The minimum atomic E-state index is -1.96. The fourth-order valence-corrected chi connectivity index (χ4v) is 62.2. The largest absolute Gasteiger partial charge is 0.344 e. The molecule has 0 N–H and O–H groups in total. The van der Waals surface area contributed by atoms with E-state index in [0.717, 1.165) is 37.2 Å². The topological polar surface area (TPSA) is 6.48 Å². The van der Waals surface area contributed by atoms with E-state index < -0.39 is 47.8 Å². The molecule has 0 fully saturated rings. The van der Waals surface area contributed by atoms with Gasteiger partial charge in [-0.05, 0) is 140 Å². The van der Waals surface area contributed by atoms with Crippen LogP contribution in [0, 0.1) is 0 Å². The molecule has 13 heteroatoms. The Labute approximate surface area is 428 Å². The Kier molecular flexibility index (Phi) is 28.7. The molecule has 0 aromatic heterocycles. The summed E-state index contributed by atoms with van der Waals surface area (Å²) in [6.07, 6.45) is 6.82. The van der Waals surface area contributed by atoms with Crippen LogP contribution in [0.4, 0.5) is 0 Å². The van der Waals surface area contributed by atoms with Gasteiger partial charge in [-0.3, -0.25) is 0 Å². The van der Waals surface area contributed by atoms with Crippen molar-refractivity contribution in [2.45, 2.75) is 295 Å². The van der Waals surface area contributed by atoms with E-state index in [1.54, 1.807) is 0 Å². The van der Waals surface area contributed by atoms with Gasteiger partial charge >= 0.3 is 0 Å². The Balaban J connectivity index is 6.48. The molecule has 0 saturated heterocycles. The summed E-state index contributed by atoms with van der Waals surface area (Å²) in [5.41, 5.74) is 8.40. The molecule has 0 radical (unpaired) electrons. The molecule has 0 aliphatic carbocycles. The van der Waals surface area contributed by atoms with Crippen LogP contribution in [-0.4, -0.2) is 80.8 Å². The number of thioether (sulfide) groups is 1. The standard InChI is InChI=1S/C50H112Cl4N2SSi6/c1-37(2)60(38(3)4,39(5)6)55(61(40(7)8,41(9)10)42(11)12)33-27-29-49(25,58(51)52)31-35-57-36-32-50(26,59(53)54)30-28-34-56(62(43(13)14,44(15)16)45(17)18)63(46(19)20,47(21)22)48(23)24/h37-48,58-59H,27-36H2,1-26H3. The van der Waals surface area contributed by atoms with Crippen molar-refractivity contribution in [3.63, 3.8) is 0 Å². The molecule has 0 aliphatic rings. The van der Waals surface area contributed by atoms with Crippen molar-refractivity contribution in [1.82, 2.24) is 8.46 Å². The average Bonchev–Trinajstić information content (AvgIpc) is 3.10. The van der Waals surface area contributed by atoms with Gasteiger partial charge in [-0.15, -0.1) is 44.3 Å². The molecule has 2 atom stereocenters. The number of halogens is 4. The molecule has 0 rings (SSSR count). The molecule has 0 amide bonds. The maximum atomic E-state index is 7.14. The summed E-state index contributed by atoms with van der Waals surface area (Å²) >= 11 is 30.7. The lowest BCUT2D eigenvalue weighted by Gasteiger charge is -2.63. The maximum Gasteiger partial charge on any atom is 0.242 e. The summed E-state index contributed by atoms with van der Waals surface area (Å²) in [4.78, 5) is 0. The number of nitrogens with zero attached hydrogens (tertiary/aromatic N) is 2. The highest BCUT2D eigenvalue weighted by Gasteiger charge is 2.60. The molecule has 2 nitrogen and oxygen atoms in total. The SMILES string of the molecule is CC(C)[Si](C(C)C)(C(C)C)N(CCCC(C)(CCSCCC(C)(CCCN([Si](C(C)C)(C(C)C)C(C)C)[Si](C(C)C)(C(C)C)C(C)C)[SiH](Cl)Cl)[SiH](Cl)Cl)[Si](C(C)C)(C(C)C)C(C)C. The zero-order chi connectivity index (χ0) is 50.0. The van der Waals surface area contributed by atoms with E-state index in [-0.39, 0.29) is 10.1 Å². The molecule has 0 aromatic carbocycles. The van der Waals surface area contributed by atoms with E-state index in [0.29, 0.717) is 66.5 Å². The minimum Gasteiger partial charge on any atom is -0.344 e. The first kappa shape index (κ1) is 65.7. The number of rotatable bonds is 32. The summed E-state index contributed by atoms with van der Waals surface area (Å²) in [6, 6.07) is 0. The second-order valence-corrected chi connectivity index (χ2v) is 60.7. The Morgan fingerprint density at radius 3 is 0.667 bits per heavy atom. The van der Waals surface area contributed by atoms with Crippen LogP contribution >= 0.6 is 56.1 Å². The lowest BCUT2D eigenvalue weighted by Crippen LogP contribution is -2.74. The predicted octanol–water partition coefficient (Wildman–Crippen LogP) is 20.3. The van der Waals surface area contributed by atoms with Gasteiger partial charge in [0.15, 0.2) is 0 Å². The first-order valence-corrected chi connectivity index (χ1v) is 44.3. The van der Waals surface area contributed by atoms with Crippen LogP contribution < -0.4 is 0 Å². The van der Waals surface area contributed by atoms with Crippen LogP contribution in [0.3, 0.4) is 0 Å². The summed E-state index contributed by atoms with van der Waals surface area (Å²) in [5, 5.41) is 0.0267. The molecule has 0 saturated carbocycles. The van der Waals surface area contributed by atoms with E-state index in [9.17, 15) is 0 Å². The van der Waals surface area contributed by atoms with Crippen molar-refractivity contribution >= 4 is 104 Å². The van der Waals surface area contributed by atoms with Gasteiger partial charge in [0.2, 0.25) is 14.8 Å². The van der Waals surface area contributed by atoms with E-state index in [1.807, 2.05) is 0 Å². The highest BCUT2D eigenvalue weighted by molar-refractivity contribution is 7.99. The molecule has 2 unspecified atom stereocenters. The van der Waals surface area contributed by atoms with Crippen molar-refractivity contribution in [3.05, 3.63) is 0 Å². The lowest BCUT2D eigenvalue weighted by atomic mass is 10.0. The van der Waals surface area contributed by atoms with Crippen LogP contribution in [-0.2, 0) is 0 Å². The van der Waals surface area contributed by atoms with E-state index in [2.05, 4.69) is 200 Å². The number of hydrogen-bond acceptors (Lipinski definition) is 3. The third-order valence-electron chi connectivity index (χ3n) is 17.9. The first-order chi connectivity index (χ1) is 28.6. The van der Waals surface area contributed by atoms with E-state index >= 15 is 0 Å². The second kappa shape index (κ2) is 27.5. The van der Waals surface area contributed by atoms with Crippen LogP contribution in [0.2, 0.25) is 76.6 Å². The van der Waals surface area contributed by atoms with Crippen LogP contribution in [0.15, 0.2) is 0 Å². The van der Waals surface area contributed by atoms with Crippen LogP contribution in [0.5, 0.6) is 0 Å². The minimum absolute atomic E-state index is 0.0134. The monoisotopic (exact) mass is 1080 g/mol. The van der Waals surface area contributed by atoms with Gasteiger partial charge in [0.05, 0.1) is 0 Å². The predicted molar refractivity (Wildman–Crippen MR) is 317 cm³/mol. The summed E-state index contributed by atoms with van der Waals surface area (Å²) in [5.74, 6) is 2.21. The highest BCUT2D eigenvalue weighted by Crippen LogP contribution is 2.56. The Bertz CT molecular complexity index is 1040. The quantitative estimate of drug-likeness (QED) is 0.0377. The zero-order valence-corrected chi connectivity index (χ0v) is 57.1. The van der Waals surface area contributed by atoms with Crippen LogP contribution in [0.25, 0.3) is 0 Å². The molecule has 63 heavy (non-hydrogen) atoms. The van der Waals surface area contributed by atoms with E-state index in [4.69, 9.17) is 44.3 Å². The average molecular weight is 1080 g/mol. The molecule has 380 valence electrons. The highest BCUT2D eigenvalue weighted by atomic mass is 35.7. The molecular weight excluding hydrogens is 971 g/mol. The Hall–Kier alpha value is 2.73. The Morgan fingerprint density at radius 2 is 0.524 bits per heavy atom. The first-order valence-electron chi connectivity index (χ1n) is 26.3. The molecular formula is C50H112Cl4N2SSi6. The summed E-state index contributed by atoms with van der Waals surface area (Å²) < 4.78 is 6.69. The van der Waals surface area contributed by atoms with Gasteiger partial charge < -0.3 is 8.46 Å². The van der Waals surface area contributed by atoms with Gasteiger partial charge in [-0.1, -0.05) is 180 Å². The molecule has 0 aromatic rings. The molecule has 0 aliphatic heterocycles. The van der Waals surface area contributed by atoms with Crippen molar-refractivity contribution < 1.29 is 0 Å². The number of hydrogen-bond donors (Lipinski definition) is 0. The van der Waals surface area contributed by atoms with Crippen molar-refractivity contribution in [2.75, 3.05) is 24.6 Å². The third kappa shape index (κ3) is 14.0.